The molecule has 2 fully saturated rings. The predicted octanol–water partition coefficient (Wildman–Crippen LogP) is 1.28. The molecule has 1 unspecified atom stereocenters. The Morgan fingerprint density at radius 1 is 1.09 bits per heavy atom. The fraction of sp³-hybridized carbons (Fsp3) is 0.765. The second kappa shape index (κ2) is 7.45. The van der Waals surface area contributed by atoms with E-state index in [1.807, 2.05) is 0 Å². The van der Waals surface area contributed by atoms with Gasteiger partial charge in [0, 0.05) is 57.1 Å². The lowest BCUT2D eigenvalue weighted by molar-refractivity contribution is 0.170. The zero-order valence-corrected chi connectivity index (χ0v) is 14.4. The number of piperidine rings is 1. The number of rotatable bonds is 4. The minimum absolute atomic E-state index is 0.241. The average molecular weight is 319 g/mol. The van der Waals surface area contributed by atoms with Crippen LogP contribution in [0.15, 0.2) is 6.07 Å². The van der Waals surface area contributed by atoms with E-state index in [1.54, 1.807) is 0 Å². The molecule has 0 aromatic carbocycles. The molecule has 1 N–H and O–H groups in total. The first kappa shape index (κ1) is 16.5. The molecule has 3 rings (SSSR count). The van der Waals surface area contributed by atoms with Crippen LogP contribution in [0.25, 0.3) is 0 Å². The van der Waals surface area contributed by atoms with Crippen LogP contribution in [0, 0.1) is 6.92 Å². The topological polar surface area (TPSA) is 55.7 Å². The van der Waals surface area contributed by atoms with E-state index in [-0.39, 0.29) is 6.61 Å². The predicted molar refractivity (Wildman–Crippen MR) is 93.2 cm³/mol. The van der Waals surface area contributed by atoms with Gasteiger partial charge in [0.15, 0.2) is 0 Å². The zero-order chi connectivity index (χ0) is 16.2. The minimum atomic E-state index is 0.241. The molecule has 0 radical (unpaired) electrons. The molecule has 3 heterocycles. The van der Waals surface area contributed by atoms with Gasteiger partial charge in [0.2, 0.25) is 5.95 Å². The van der Waals surface area contributed by atoms with E-state index < -0.39 is 0 Å². The molecule has 2 saturated heterocycles. The lowest BCUT2D eigenvalue weighted by atomic mass is 10.1. The molecule has 1 aromatic rings. The first-order chi connectivity index (χ1) is 11.2. The van der Waals surface area contributed by atoms with Crippen molar-refractivity contribution in [2.24, 2.45) is 0 Å². The third-order valence-electron chi connectivity index (χ3n) is 5.03. The Hall–Kier alpha value is -1.40. The van der Waals surface area contributed by atoms with Crippen molar-refractivity contribution >= 4 is 11.8 Å². The quantitative estimate of drug-likeness (QED) is 0.902. The normalized spacial score (nSPS) is 23.3. The number of nitrogens with zero attached hydrogens (tertiary/aromatic N) is 5. The summed E-state index contributed by atoms with van der Waals surface area (Å²) in [6.45, 7) is 7.34. The molecule has 23 heavy (non-hydrogen) atoms. The highest BCUT2D eigenvalue weighted by Gasteiger charge is 2.25. The molecule has 1 atom stereocenters. The van der Waals surface area contributed by atoms with Gasteiger partial charge in [-0.15, -0.1) is 0 Å². The van der Waals surface area contributed by atoms with E-state index in [1.165, 1.54) is 19.3 Å². The fourth-order valence-corrected chi connectivity index (χ4v) is 3.55. The Balaban J connectivity index is 1.77. The average Bonchev–Trinajstić information content (AvgIpc) is 2.57. The van der Waals surface area contributed by atoms with Gasteiger partial charge in [-0.2, -0.15) is 4.98 Å². The third kappa shape index (κ3) is 3.93. The first-order valence-electron chi connectivity index (χ1n) is 8.84. The van der Waals surface area contributed by atoms with Crippen molar-refractivity contribution < 1.29 is 5.11 Å². The molecule has 6 heteroatoms. The van der Waals surface area contributed by atoms with Crippen molar-refractivity contribution in [2.75, 3.05) is 56.2 Å². The summed E-state index contributed by atoms with van der Waals surface area (Å²) < 4.78 is 0. The Morgan fingerprint density at radius 3 is 2.61 bits per heavy atom. The Labute approximate surface area is 139 Å². The van der Waals surface area contributed by atoms with Gasteiger partial charge >= 0.3 is 0 Å². The number of anilines is 2. The third-order valence-corrected chi connectivity index (χ3v) is 5.03. The van der Waals surface area contributed by atoms with Crippen LogP contribution >= 0.6 is 0 Å². The van der Waals surface area contributed by atoms with Crippen molar-refractivity contribution in [1.82, 2.24) is 14.9 Å². The van der Waals surface area contributed by atoms with E-state index in [0.717, 1.165) is 56.6 Å². The van der Waals surface area contributed by atoms with E-state index in [9.17, 15) is 5.11 Å². The van der Waals surface area contributed by atoms with Gasteiger partial charge < -0.3 is 14.9 Å². The van der Waals surface area contributed by atoms with Crippen LogP contribution < -0.4 is 9.80 Å². The smallest absolute Gasteiger partial charge is 0.227 e. The molecule has 0 bridgehead atoms. The zero-order valence-electron chi connectivity index (χ0n) is 14.4. The first-order valence-corrected chi connectivity index (χ1v) is 8.84. The molecule has 0 amide bonds. The van der Waals surface area contributed by atoms with Gasteiger partial charge in [-0.3, -0.25) is 4.90 Å². The monoisotopic (exact) mass is 319 g/mol. The van der Waals surface area contributed by atoms with Gasteiger partial charge in [0.05, 0.1) is 0 Å². The summed E-state index contributed by atoms with van der Waals surface area (Å²) in [4.78, 5) is 16.5. The van der Waals surface area contributed by atoms with Crippen molar-refractivity contribution in [3.8, 4) is 0 Å². The summed E-state index contributed by atoms with van der Waals surface area (Å²) in [5.74, 6) is 1.92. The molecular formula is C17H29N5O. The number of aliphatic hydroxyl groups is 1. The van der Waals surface area contributed by atoms with Crippen molar-refractivity contribution in [3.05, 3.63) is 11.8 Å². The number of hydrogen-bond donors (Lipinski definition) is 1. The largest absolute Gasteiger partial charge is 0.396 e. The molecule has 0 saturated carbocycles. The maximum Gasteiger partial charge on any atom is 0.227 e. The lowest BCUT2D eigenvalue weighted by Crippen LogP contribution is -2.52. The fourth-order valence-electron chi connectivity index (χ4n) is 3.55. The second-order valence-electron chi connectivity index (χ2n) is 6.81. The molecule has 0 aliphatic carbocycles. The van der Waals surface area contributed by atoms with E-state index >= 15 is 0 Å². The molecule has 2 aliphatic rings. The van der Waals surface area contributed by atoms with Gasteiger partial charge in [-0.05, 0) is 39.7 Å². The number of aromatic nitrogens is 2. The summed E-state index contributed by atoms with van der Waals surface area (Å²) in [5, 5.41) is 9.27. The van der Waals surface area contributed by atoms with Crippen LogP contribution in [0.1, 0.15) is 31.4 Å². The summed E-state index contributed by atoms with van der Waals surface area (Å²) in [6.07, 6.45) is 4.60. The van der Waals surface area contributed by atoms with E-state index in [2.05, 4.69) is 39.7 Å². The van der Waals surface area contributed by atoms with Crippen LogP contribution in [-0.4, -0.2) is 72.4 Å². The van der Waals surface area contributed by atoms with Gasteiger partial charge in [-0.25, -0.2) is 4.98 Å². The standard InChI is InChI=1S/C17H29N5O/c1-14-12-16(19-17(18-14)21-7-4-3-5-8-21)22-10-9-20(2)15(13-22)6-11-23/h12,15,23H,3-11,13H2,1-2H3. The van der Waals surface area contributed by atoms with Crippen LogP contribution in [0.2, 0.25) is 0 Å². The molecule has 2 aliphatic heterocycles. The van der Waals surface area contributed by atoms with E-state index in [4.69, 9.17) is 4.98 Å². The van der Waals surface area contributed by atoms with Crippen molar-refractivity contribution in [3.63, 3.8) is 0 Å². The van der Waals surface area contributed by atoms with E-state index in [0.29, 0.717) is 6.04 Å². The number of aliphatic hydroxyl groups excluding tert-OH is 1. The maximum absolute atomic E-state index is 9.27. The number of aryl methyl sites for hydroxylation is 1. The molecule has 6 nitrogen and oxygen atoms in total. The van der Waals surface area contributed by atoms with Crippen LogP contribution in [-0.2, 0) is 0 Å². The molecule has 0 spiro atoms. The summed E-state index contributed by atoms with van der Waals surface area (Å²) in [6, 6.07) is 2.48. The van der Waals surface area contributed by atoms with Crippen LogP contribution in [0.3, 0.4) is 0 Å². The van der Waals surface area contributed by atoms with Crippen molar-refractivity contribution in [1.29, 1.82) is 0 Å². The Bertz CT molecular complexity index is 518. The second-order valence-corrected chi connectivity index (χ2v) is 6.81. The molecular weight excluding hydrogens is 290 g/mol. The maximum atomic E-state index is 9.27. The highest BCUT2D eigenvalue weighted by molar-refractivity contribution is 5.46. The number of hydrogen-bond acceptors (Lipinski definition) is 6. The summed E-state index contributed by atoms with van der Waals surface area (Å²) in [5.41, 5.74) is 1.04. The summed E-state index contributed by atoms with van der Waals surface area (Å²) >= 11 is 0. The molecule has 1 aromatic heterocycles. The highest BCUT2D eigenvalue weighted by atomic mass is 16.3. The highest BCUT2D eigenvalue weighted by Crippen LogP contribution is 2.23. The molecule has 128 valence electrons. The van der Waals surface area contributed by atoms with Crippen LogP contribution in [0.4, 0.5) is 11.8 Å². The summed E-state index contributed by atoms with van der Waals surface area (Å²) in [7, 11) is 2.14. The SMILES string of the molecule is Cc1cc(N2CCN(C)C(CCO)C2)nc(N2CCCCC2)n1. The van der Waals surface area contributed by atoms with Gasteiger partial charge in [0.25, 0.3) is 0 Å². The number of piperazine rings is 1. The number of likely N-dealkylation sites (N-methyl/N-ethyl adjacent to an activating group) is 1. The lowest BCUT2D eigenvalue weighted by Gasteiger charge is -2.40. The Kier molecular flexibility index (Phi) is 5.33. The van der Waals surface area contributed by atoms with Gasteiger partial charge in [0.1, 0.15) is 5.82 Å². The minimum Gasteiger partial charge on any atom is -0.396 e. The van der Waals surface area contributed by atoms with Crippen molar-refractivity contribution in [2.45, 2.75) is 38.6 Å². The Morgan fingerprint density at radius 2 is 1.87 bits per heavy atom. The van der Waals surface area contributed by atoms with Crippen LogP contribution in [0.5, 0.6) is 0 Å². The van der Waals surface area contributed by atoms with Gasteiger partial charge in [-0.1, -0.05) is 0 Å².